The second kappa shape index (κ2) is 9.29. The van der Waals surface area contributed by atoms with Crippen LogP contribution in [0, 0.1) is 13.8 Å². The number of benzene rings is 2. The number of hydrogen-bond donors (Lipinski definition) is 1. The highest BCUT2D eigenvalue weighted by Gasteiger charge is 2.29. The average molecular weight is 492 g/mol. The first-order valence-corrected chi connectivity index (χ1v) is 12.7. The number of nitrogens with zero attached hydrogens (tertiary/aromatic N) is 2. The van der Waals surface area contributed by atoms with Crippen LogP contribution < -0.4 is 5.32 Å². The van der Waals surface area contributed by atoms with Crippen LogP contribution in [0.4, 0.5) is 5.13 Å². The molecule has 7 nitrogen and oxygen atoms in total. The minimum absolute atomic E-state index is 0.0689. The van der Waals surface area contributed by atoms with E-state index < -0.39 is 15.9 Å². The van der Waals surface area contributed by atoms with E-state index in [1.807, 2.05) is 31.4 Å². The van der Waals surface area contributed by atoms with Crippen LogP contribution in [0.25, 0.3) is 11.3 Å². The zero-order valence-corrected chi connectivity index (χ0v) is 20.0. The Morgan fingerprint density at radius 1 is 1.16 bits per heavy atom. The molecule has 2 heterocycles. The number of aryl methyl sites for hydroxylation is 2. The average Bonchev–Trinajstić information content (AvgIpc) is 3.22. The molecular formula is C22H22ClN3O4S2. The summed E-state index contributed by atoms with van der Waals surface area (Å²) in [5, 5.41) is 5.13. The highest BCUT2D eigenvalue weighted by atomic mass is 35.5. The molecule has 1 amide bonds. The van der Waals surface area contributed by atoms with Crippen molar-refractivity contribution in [3.05, 3.63) is 63.5 Å². The molecule has 0 bridgehead atoms. The third-order valence-corrected chi connectivity index (χ3v) is 8.30. The van der Waals surface area contributed by atoms with E-state index in [1.165, 1.54) is 39.4 Å². The number of aromatic nitrogens is 1. The van der Waals surface area contributed by atoms with Crippen LogP contribution in [0.5, 0.6) is 0 Å². The van der Waals surface area contributed by atoms with E-state index in [0.717, 1.165) is 16.8 Å². The lowest BCUT2D eigenvalue weighted by Crippen LogP contribution is -2.40. The molecular weight excluding hydrogens is 470 g/mol. The maximum absolute atomic E-state index is 13.0. The molecule has 1 fully saturated rings. The number of amides is 1. The first-order valence-electron chi connectivity index (χ1n) is 9.97. The van der Waals surface area contributed by atoms with Gasteiger partial charge in [0.2, 0.25) is 10.0 Å². The smallest absolute Gasteiger partial charge is 0.257 e. The molecule has 1 aromatic heterocycles. The summed E-state index contributed by atoms with van der Waals surface area (Å²) in [6, 6.07) is 10.3. The van der Waals surface area contributed by atoms with E-state index >= 15 is 0 Å². The van der Waals surface area contributed by atoms with Gasteiger partial charge in [-0.1, -0.05) is 35.4 Å². The van der Waals surface area contributed by atoms with Crippen molar-refractivity contribution in [1.82, 2.24) is 9.29 Å². The SMILES string of the molecule is Cc1ccc(-c2csc(NC(=O)c3ccc(Cl)c(S(=O)(=O)N4CCOCC4)c3)n2)c(C)c1. The number of thiazole rings is 1. The van der Waals surface area contributed by atoms with Gasteiger partial charge in [-0.3, -0.25) is 10.1 Å². The third-order valence-electron chi connectivity index (χ3n) is 5.16. The normalized spacial score (nSPS) is 15.0. The van der Waals surface area contributed by atoms with E-state index in [2.05, 4.69) is 16.4 Å². The fourth-order valence-corrected chi connectivity index (χ4v) is 6.11. The Hall–Kier alpha value is -2.30. The Bertz CT molecular complexity index is 1270. The standard InChI is InChI=1S/C22H22ClN3O4S2/c1-14-3-5-17(15(2)11-14)19-13-31-22(24-19)25-21(27)16-4-6-18(23)20(12-16)32(28,29)26-7-9-30-10-8-26/h3-6,11-13H,7-10H2,1-2H3,(H,24,25,27). The summed E-state index contributed by atoms with van der Waals surface area (Å²) in [6.07, 6.45) is 0. The number of rotatable bonds is 5. The second-order valence-corrected chi connectivity index (χ2v) is 10.6. The van der Waals surface area contributed by atoms with E-state index in [0.29, 0.717) is 18.3 Å². The fourth-order valence-electron chi connectivity index (χ4n) is 3.49. The summed E-state index contributed by atoms with van der Waals surface area (Å²) in [7, 11) is -3.83. The summed E-state index contributed by atoms with van der Waals surface area (Å²) in [6.45, 7) is 5.19. The van der Waals surface area contributed by atoms with Crippen molar-refractivity contribution < 1.29 is 17.9 Å². The minimum atomic E-state index is -3.83. The lowest BCUT2D eigenvalue weighted by atomic mass is 10.0. The van der Waals surface area contributed by atoms with Crippen LogP contribution in [0.1, 0.15) is 21.5 Å². The number of halogens is 1. The first kappa shape index (κ1) is 22.9. The van der Waals surface area contributed by atoms with E-state index in [-0.39, 0.29) is 28.6 Å². The van der Waals surface area contributed by atoms with Crippen molar-refractivity contribution in [2.24, 2.45) is 0 Å². The molecule has 1 aliphatic heterocycles. The molecule has 0 saturated carbocycles. The van der Waals surface area contributed by atoms with Crippen molar-refractivity contribution in [3.63, 3.8) is 0 Å². The van der Waals surface area contributed by atoms with E-state index in [9.17, 15) is 13.2 Å². The molecule has 3 aromatic rings. The van der Waals surface area contributed by atoms with Gasteiger partial charge in [0.05, 0.1) is 23.9 Å². The zero-order valence-electron chi connectivity index (χ0n) is 17.6. The van der Waals surface area contributed by atoms with Crippen LogP contribution in [-0.4, -0.2) is 49.9 Å². The van der Waals surface area contributed by atoms with Crippen molar-refractivity contribution >= 4 is 44.0 Å². The first-order chi connectivity index (χ1) is 15.3. The fraction of sp³-hybridized carbons (Fsp3) is 0.273. The Morgan fingerprint density at radius 3 is 2.62 bits per heavy atom. The monoisotopic (exact) mass is 491 g/mol. The summed E-state index contributed by atoms with van der Waals surface area (Å²) in [5.74, 6) is -0.457. The number of hydrogen-bond acceptors (Lipinski definition) is 6. The summed E-state index contributed by atoms with van der Waals surface area (Å²) in [5.41, 5.74) is 4.22. The molecule has 0 atom stereocenters. The van der Waals surface area contributed by atoms with Gasteiger partial charge in [-0.15, -0.1) is 11.3 Å². The molecule has 0 unspecified atom stereocenters. The van der Waals surface area contributed by atoms with Gasteiger partial charge < -0.3 is 4.74 Å². The Morgan fingerprint density at radius 2 is 1.91 bits per heavy atom. The number of anilines is 1. The quantitative estimate of drug-likeness (QED) is 0.573. The lowest BCUT2D eigenvalue weighted by molar-refractivity contribution is 0.0730. The maximum Gasteiger partial charge on any atom is 0.257 e. The van der Waals surface area contributed by atoms with Gasteiger partial charge in [0.15, 0.2) is 5.13 Å². The molecule has 32 heavy (non-hydrogen) atoms. The number of sulfonamides is 1. The molecule has 0 aliphatic carbocycles. The van der Waals surface area contributed by atoms with Crippen LogP contribution >= 0.6 is 22.9 Å². The van der Waals surface area contributed by atoms with Gasteiger partial charge in [0, 0.05) is 29.6 Å². The molecule has 2 aromatic carbocycles. The van der Waals surface area contributed by atoms with Crippen molar-refractivity contribution in [2.45, 2.75) is 18.7 Å². The molecule has 168 valence electrons. The predicted octanol–water partition coefficient (Wildman–Crippen LogP) is 4.35. The lowest BCUT2D eigenvalue weighted by Gasteiger charge is -2.26. The zero-order chi connectivity index (χ0) is 22.9. The van der Waals surface area contributed by atoms with Gasteiger partial charge in [0.1, 0.15) is 4.90 Å². The summed E-state index contributed by atoms with van der Waals surface area (Å²) < 4.78 is 32.5. The van der Waals surface area contributed by atoms with Crippen LogP contribution in [0.2, 0.25) is 5.02 Å². The van der Waals surface area contributed by atoms with Crippen LogP contribution in [-0.2, 0) is 14.8 Å². The number of carbonyl (C=O) groups excluding carboxylic acids is 1. The summed E-state index contributed by atoms with van der Waals surface area (Å²) in [4.78, 5) is 17.2. The Kier molecular flexibility index (Phi) is 6.64. The molecule has 0 spiro atoms. The Labute approximate surface area is 196 Å². The van der Waals surface area contributed by atoms with Crippen LogP contribution in [0.3, 0.4) is 0 Å². The van der Waals surface area contributed by atoms with Crippen molar-refractivity contribution in [3.8, 4) is 11.3 Å². The second-order valence-electron chi connectivity index (χ2n) is 7.47. The van der Waals surface area contributed by atoms with Gasteiger partial charge >= 0.3 is 0 Å². The van der Waals surface area contributed by atoms with Crippen LogP contribution in [0.15, 0.2) is 46.7 Å². The molecule has 1 aliphatic rings. The molecule has 0 radical (unpaired) electrons. The molecule has 1 saturated heterocycles. The van der Waals surface area contributed by atoms with E-state index in [1.54, 1.807) is 0 Å². The van der Waals surface area contributed by atoms with Gasteiger partial charge in [0.25, 0.3) is 5.91 Å². The van der Waals surface area contributed by atoms with Gasteiger partial charge in [-0.25, -0.2) is 13.4 Å². The van der Waals surface area contributed by atoms with Gasteiger partial charge in [-0.05, 0) is 37.6 Å². The maximum atomic E-state index is 13.0. The molecule has 1 N–H and O–H groups in total. The van der Waals surface area contributed by atoms with Gasteiger partial charge in [-0.2, -0.15) is 4.31 Å². The van der Waals surface area contributed by atoms with Crippen molar-refractivity contribution in [2.75, 3.05) is 31.6 Å². The largest absolute Gasteiger partial charge is 0.379 e. The topological polar surface area (TPSA) is 88.6 Å². The number of morpholine rings is 1. The number of carbonyl (C=O) groups is 1. The number of nitrogens with one attached hydrogen (secondary N) is 1. The third kappa shape index (κ3) is 4.72. The Balaban J connectivity index is 1.56. The molecule has 10 heteroatoms. The minimum Gasteiger partial charge on any atom is -0.379 e. The van der Waals surface area contributed by atoms with Crippen molar-refractivity contribution in [1.29, 1.82) is 0 Å². The molecule has 4 rings (SSSR count). The highest BCUT2D eigenvalue weighted by molar-refractivity contribution is 7.89. The highest BCUT2D eigenvalue weighted by Crippen LogP contribution is 2.29. The predicted molar refractivity (Wildman–Crippen MR) is 126 cm³/mol. The summed E-state index contributed by atoms with van der Waals surface area (Å²) >= 11 is 7.49. The van der Waals surface area contributed by atoms with E-state index in [4.69, 9.17) is 16.3 Å². The number of ether oxygens (including phenoxy) is 1.